The molecule has 6 heteroatoms. The van der Waals surface area contributed by atoms with E-state index in [1.807, 2.05) is 0 Å². The third-order valence-corrected chi connectivity index (χ3v) is 3.87. The molecule has 0 spiro atoms. The Bertz CT molecular complexity index is 506. The molecule has 1 atom stereocenters. The van der Waals surface area contributed by atoms with Crippen LogP contribution in [-0.2, 0) is 16.1 Å². The van der Waals surface area contributed by atoms with Gasteiger partial charge in [0, 0.05) is 13.0 Å². The number of benzene rings is 1. The summed E-state index contributed by atoms with van der Waals surface area (Å²) in [6.45, 7) is 0.105. The molecule has 1 aromatic rings. The van der Waals surface area contributed by atoms with E-state index in [0.717, 1.165) is 0 Å². The van der Waals surface area contributed by atoms with Crippen LogP contribution in [0.15, 0.2) is 22.7 Å². The molecule has 1 saturated heterocycles. The van der Waals surface area contributed by atoms with E-state index in [1.54, 1.807) is 6.07 Å². The number of likely N-dealkylation sites (tertiary alicyclic amines) is 1. The lowest BCUT2D eigenvalue weighted by Gasteiger charge is -2.22. The summed E-state index contributed by atoms with van der Waals surface area (Å²) in [5.74, 6) is -1.65. The van der Waals surface area contributed by atoms with Crippen molar-refractivity contribution < 1.29 is 19.1 Å². The fourth-order valence-electron chi connectivity index (χ4n) is 2.04. The van der Waals surface area contributed by atoms with Crippen LogP contribution in [0, 0.1) is 5.82 Å². The summed E-state index contributed by atoms with van der Waals surface area (Å²) in [5, 5.41) is 9.02. The van der Waals surface area contributed by atoms with E-state index in [-0.39, 0.29) is 23.3 Å². The highest BCUT2D eigenvalue weighted by Crippen LogP contribution is 2.26. The van der Waals surface area contributed by atoms with Gasteiger partial charge in [-0.2, -0.15) is 0 Å². The van der Waals surface area contributed by atoms with Crippen molar-refractivity contribution in [2.45, 2.75) is 25.4 Å². The number of carbonyl (C=O) groups excluding carboxylic acids is 1. The van der Waals surface area contributed by atoms with Crippen LogP contribution in [0.5, 0.6) is 0 Å². The second-order valence-corrected chi connectivity index (χ2v) is 4.92. The maximum absolute atomic E-state index is 13.3. The summed E-state index contributed by atoms with van der Waals surface area (Å²) in [4.78, 5) is 23.9. The summed E-state index contributed by atoms with van der Waals surface area (Å²) in [7, 11) is 0. The number of carboxylic acid groups (broad SMARTS) is 1. The minimum Gasteiger partial charge on any atom is -0.480 e. The Kier molecular flexibility index (Phi) is 3.65. The maximum Gasteiger partial charge on any atom is 0.326 e. The molecule has 18 heavy (non-hydrogen) atoms. The Morgan fingerprint density at radius 3 is 2.94 bits per heavy atom. The van der Waals surface area contributed by atoms with Crippen LogP contribution in [-0.4, -0.2) is 27.9 Å². The third kappa shape index (κ3) is 2.38. The molecule has 1 amide bonds. The summed E-state index contributed by atoms with van der Waals surface area (Å²) in [6.07, 6.45) is 0.533. The average molecular weight is 316 g/mol. The number of amides is 1. The Labute approximate surface area is 112 Å². The standard InChI is InChI=1S/C12H11BrFNO3/c13-11-7(2-1-3-8(11)14)6-15-9(12(17)18)4-5-10(15)16/h1-3,9H,4-6H2,(H,17,18). The van der Waals surface area contributed by atoms with E-state index in [9.17, 15) is 14.0 Å². The summed E-state index contributed by atoms with van der Waals surface area (Å²) >= 11 is 3.10. The number of hydrogen-bond acceptors (Lipinski definition) is 2. The molecule has 0 aliphatic carbocycles. The third-order valence-electron chi connectivity index (χ3n) is 2.99. The fraction of sp³-hybridized carbons (Fsp3) is 0.333. The van der Waals surface area contributed by atoms with Gasteiger partial charge >= 0.3 is 5.97 Å². The van der Waals surface area contributed by atoms with Crippen LogP contribution in [0.1, 0.15) is 18.4 Å². The number of halogens is 2. The average Bonchev–Trinajstić information content (AvgIpc) is 2.67. The predicted octanol–water partition coefficient (Wildman–Crippen LogP) is 2.16. The van der Waals surface area contributed by atoms with Crippen molar-refractivity contribution in [2.24, 2.45) is 0 Å². The van der Waals surface area contributed by atoms with Crippen molar-refractivity contribution in [3.05, 3.63) is 34.1 Å². The fourth-order valence-corrected chi connectivity index (χ4v) is 2.43. The number of hydrogen-bond donors (Lipinski definition) is 1. The molecular formula is C12H11BrFNO3. The van der Waals surface area contributed by atoms with E-state index in [2.05, 4.69) is 15.9 Å². The molecule has 1 aliphatic rings. The Balaban J connectivity index is 2.24. The largest absolute Gasteiger partial charge is 0.480 e. The first-order chi connectivity index (χ1) is 8.50. The Morgan fingerprint density at radius 2 is 2.28 bits per heavy atom. The van der Waals surface area contributed by atoms with Crippen LogP contribution in [0.4, 0.5) is 4.39 Å². The van der Waals surface area contributed by atoms with Gasteiger partial charge in [0.1, 0.15) is 11.9 Å². The Hall–Kier alpha value is -1.43. The van der Waals surface area contributed by atoms with Gasteiger partial charge in [-0.25, -0.2) is 9.18 Å². The maximum atomic E-state index is 13.3. The minimum atomic E-state index is -1.02. The number of carboxylic acids is 1. The van der Waals surface area contributed by atoms with Crippen molar-refractivity contribution in [3.63, 3.8) is 0 Å². The number of rotatable bonds is 3. The molecule has 4 nitrogen and oxygen atoms in total. The summed E-state index contributed by atoms with van der Waals surface area (Å²) < 4.78 is 13.6. The van der Waals surface area contributed by atoms with Gasteiger partial charge in [-0.1, -0.05) is 12.1 Å². The zero-order valence-electron chi connectivity index (χ0n) is 9.40. The van der Waals surface area contributed by atoms with Crippen molar-refractivity contribution >= 4 is 27.8 Å². The van der Waals surface area contributed by atoms with E-state index in [4.69, 9.17) is 5.11 Å². The summed E-state index contributed by atoms with van der Waals surface area (Å²) in [6, 6.07) is 3.69. The monoisotopic (exact) mass is 315 g/mol. The van der Waals surface area contributed by atoms with Gasteiger partial charge in [-0.15, -0.1) is 0 Å². The number of carbonyl (C=O) groups is 2. The van der Waals surface area contributed by atoms with Crippen LogP contribution in [0.3, 0.4) is 0 Å². The number of nitrogens with zero attached hydrogens (tertiary/aromatic N) is 1. The first kappa shape index (κ1) is 13.0. The van der Waals surface area contributed by atoms with Gasteiger partial charge in [0.25, 0.3) is 0 Å². The molecule has 0 bridgehead atoms. The molecule has 1 fully saturated rings. The zero-order valence-corrected chi connectivity index (χ0v) is 11.0. The second kappa shape index (κ2) is 5.06. The van der Waals surface area contributed by atoms with Crippen molar-refractivity contribution in [1.29, 1.82) is 0 Å². The van der Waals surface area contributed by atoms with E-state index >= 15 is 0 Å². The van der Waals surface area contributed by atoms with Crippen molar-refractivity contribution in [2.75, 3.05) is 0 Å². The molecule has 1 heterocycles. The van der Waals surface area contributed by atoms with E-state index in [0.29, 0.717) is 12.0 Å². The van der Waals surface area contributed by atoms with Crippen LogP contribution < -0.4 is 0 Å². The highest BCUT2D eigenvalue weighted by Gasteiger charge is 2.36. The van der Waals surface area contributed by atoms with Crippen LogP contribution in [0.2, 0.25) is 0 Å². The number of aliphatic carboxylic acids is 1. The SMILES string of the molecule is O=C(O)C1CCC(=O)N1Cc1cccc(F)c1Br. The quantitative estimate of drug-likeness (QED) is 0.930. The van der Waals surface area contributed by atoms with Crippen LogP contribution >= 0.6 is 15.9 Å². The van der Waals surface area contributed by atoms with Crippen molar-refractivity contribution in [1.82, 2.24) is 4.90 Å². The normalized spacial score (nSPS) is 19.3. The van der Waals surface area contributed by atoms with Gasteiger partial charge in [-0.05, 0) is 34.0 Å². The highest BCUT2D eigenvalue weighted by atomic mass is 79.9. The smallest absolute Gasteiger partial charge is 0.326 e. The molecule has 0 aromatic heterocycles. The molecule has 96 valence electrons. The molecule has 0 radical (unpaired) electrons. The zero-order chi connectivity index (χ0) is 13.3. The first-order valence-electron chi connectivity index (χ1n) is 5.46. The molecular weight excluding hydrogens is 305 g/mol. The molecule has 1 aliphatic heterocycles. The van der Waals surface area contributed by atoms with Gasteiger partial charge < -0.3 is 10.0 Å². The molecule has 2 rings (SSSR count). The first-order valence-corrected chi connectivity index (χ1v) is 6.25. The molecule has 0 saturated carbocycles. The lowest BCUT2D eigenvalue weighted by molar-refractivity contribution is -0.146. The highest BCUT2D eigenvalue weighted by molar-refractivity contribution is 9.10. The van der Waals surface area contributed by atoms with Gasteiger partial charge in [0.15, 0.2) is 0 Å². The predicted molar refractivity (Wildman–Crippen MR) is 65.3 cm³/mol. The molecule has 1 unspecified atom stereocenters. The van der Waals surface area contributed by atoms with Crippen molar-refractivity contribution in [3.8, 4) is 0 Å². The lowest BCUT2D eigenvalue weighted by atomic mass is 10.2. The van der Waals surface area contributed by atoms with E-state index in [1.165, 1.54) is 17.0 Å². The van der Waals surface area contributed by atoms with Gasteiger partial charge in [0.05, 0.1) is 4.47 Å². The van der Waals surface area contributed by atoms with E-state index < -0.39 is 17.8 Å². The molecule has 1 aromatic carbocycles. The molecule has 1 N–H and O–H groups in total. The second-order valence-electron chi connectivity index (χ2n) is 4.13. The minimum absolute atomic E-state index is 0.105. The Morgan fingerprint density at radius 1 is 1.56 bits per heavy atom. The van der Waals surface area contributed by atoms with Gasteiger partial charge in [-0.3, -0.25) is 4.79 Å². The topological polar surface area (TPSA) is 57.6 Å². The van der Waals surface area contributed by atoms with Crippen LogP contribution in [0.25, 0.3) is 0 Å². The summed E-state index contributed by atoms with van der Waals surface area (Å²) in [5.41, 5.74) is 0.566. The van der Waals surface area contributed by atoms with Gasteiger partial charge in [0.2, 0.25) is 5.91 Å². The lowest BCUT2D eigenvalue weighted by Crippen LogP contribution is -2.38.